The van der Waals surface area contributed by atoms with Crippen molar-refractivity contribution >= 4 is 11.6 Å². The first-order valence-corrected chi connectivity index (χ1v) is 9.91. The Kier molecular flexibility index (Phi) is 4.68. The SMILES string of the molecule is CC(C)(Cc1ccccc1)N1CCC2(CC1)C(=O)NCN2c1ccccc1. The largest absolute Gasteiger partial charge is 0.339 e. The molecule has 2 heterocycles. The van der Waals surface area contributed by atoms with Gasteiger partial charge in [0.2, 0.25) is 5.91 Å². The highest BCUT2D eigenvalue weighted by molar-refractivity contribution is 5.93. The van der Waals surface area contributed by atoms with Gasteiger partial charge in [0.1, 0.15) is 5.54 Å². The number of hydrogen-bond acceptors (Lipinski definition) is 3. The minimum absolute atomic E-state index is 0.0790. The van der Waals surface area contributed by atoms with Gasteiger partial charge in [-0.25, -0.2) is 0 Å². The van der Waals surface area contributed by atoms with Crippen molar-refractivity contribution in [1.82, 2.24) is 10.2 Å². The van der Waals surface area contributed by atoms with E-state index in [4.69, 9.17) is 0 Å². The zero-order valence-electron chi connectivity index (χ0n) is 16.3. The van der Waals surface area contributed by atoms with Gasteiger partial charge in [-0.05, 0) is 50.8 Å². The fraction of sp³-hybridized carbons (Fsp3) is 0.435. The maximum absolute atomic E-state index is 12.8. The lowest BCUT2D eigenvalue weighted by Crippen LogP contribution is -2.60. The van der Waals surface area contributed by atoms with Gasteiger partial charge in [-0.3, -0.25) is 9.69 Å². The molecule has 0 atom stereocenters. The average Bonchev–Trinajstić information content (AvgIpc) is 2.99. The minimum Gasteiger partial charge on any atom is -0.339 e. The van der Waals surface area contributed by atoms with Gasteiger partial charge < -0.3 is 10.2 Å². The Morgan fingerprint density at radius 2 is 1.56 bits per heavy atom. The van der Waals surface area contributed by atoms with Gasteiger partial charge in [0, 0.05) is 24.3 Å². The molecule has 1 spiro atoms. The maximum atomic E-state index is 12.8. The van der Waals surface area contributed by atoms with Crippen LogP contribution in [-0.2, 0) is 11.2 Å². The molecule has 2 saturated heterocycles. The summed E-state index contributed by atoms with van der Waals surface area (Å²) in [4.78, 5) is 17.6. The summed E-state index contributed by atoms with van der Waals surface area (Å²) in [5, 5.41) is 3.09. The lowest BCUT2D eigenvalue weighted by Gasteiger charge is -2.48. The molecule has 0 aliphatic carbocycles. The first-order chi connectivity index (χ1) is 13.0. The summed E-state index contributed by atoms with van der Waals surface area (Å²) in [6, 6.07) is 21.0. The van der Waals surface area contributed by atoms with Gasteiger partial charge in [-0.1, -0.05) is 48.5 Å². The first kappa shape index (κ1) is 18.1. The molecule has 2 aliphatic rings. The van der Waals surface area contributed by atoms with Crippen molar-refractivity contribution in [3.05, 3.63) is 66.2 Å². The molecular formula is C23H29N3O. The summed E-state index contributed by atoms with van der Waals surface area (Å²) < 4.78 is 0. The molecule has 0 bridgehead atoms. The van der Waals surface area contributed by atoms with E-state index in [0.29, 0.717) is 6.67 Å². The van der Waals surface area contributed by atoms with E-state index in [1.165, 1.54) is 5.56 Å². The monoisotopic (exact) mass is 363 g/mol. The third-order valence-electron chi connectivity index (χ3n) is 6.33. The molecule has 0 saturated carbocycles. The quantitative estimate of drug-likeness (QED) is 0.904. The number of nitrogens with one attached hydrogen (secondary N) is 1. The molecular weight excluding hydrogens is 334 g/mol. The van der Waals surface area contributed by atoms with Crippen LogP contribution < -0.4 is 10.2 Å². The number of amides is 1. The number of rotatable bonds is 4. The Hall–Kier alpha value is -2.33. The zero-order valence-corrected chi connectivity index (χ0v) is 16.3. The van der Waals surface area contributed by atoms with E-state index in [1.807, 2.05) is 18.2 Å². The number of carbonyl (C=O) groups excluding carboxylic acids is 1. The third kappa shape index (κ3) is 3.34. The predicted octanol–water partition coefficient (Wildman–Crippen LogP) is 3.44. The molecule has 2 aromatic carbocycles. The van der Waals surface area contributed by atoms with Gasteiger partial charge in [-0.2, -0.15) is 0 Å². The smallest absolute Gasteiger partial charge is 0.247 e. The molecule has 4 nitrogen and oxygen atoms in total. The molecule has 0 unspecified atom stereocenters. The van der Waals surface area contributed by atoms with Crippen LogP contribution in [0.5, 0.6) is 0 Å². The van der Waals surface area contributed by atoms with Gasteiger partial charge in [0.25, 0.3) is 0 Å². The first-order valence-electron chi connectivity index (χ1n) is 9.91. The van der Waals surface area contributed by atoms with Crippen LogP contribution in [0.2, 0.25) is 0 Å². The Bertz CT molecular complexity index is 780. The van der Waals surface area contributed by atoms with Crippen molar-refractivity contribution in [2.45, 2.75) is 44.2 Å². The molecule has 2 aromatic rings. The Morgan fingerprint density at radius 1 is 0.963 bits per heavy atom. The highest BCUT2D eigenvalue weighted by Crippen LogP contribution is 2.38. The van der Waals surface area contributed by atoms with Crippen LogP contribution in [0.3, 0.4) is 0 Å². The summed E-state index contributed by atoms with van der Waals surface area (Å²) in [7, 11) is 0. The van der Waals surface area contributed by atoms with Crippen molar-refractivity contribution in [3.63, 3.8) is 0 Å². The summed E-state index contributed by atoms with van der Waals surface area (Å²) in [5.74, 6) is 0.187. The van der Waals surface area contributed by atoms with Crippen LogP contribution in [0.4, 0.5) is 5.69 Å². The predicted molar refractivity (Wildman–Crippen MR) is 110 cm³/mol. The topological polar surface area (TPSA) is 35.6 Å². The highest BCUT2D eigenvalue weighted by atomic mass is 16.2. The molecule has 0 aromatic heterocycles. The van der Waals surface area contributed by atoms with Gasteiger partial charge in [0.15, 0.2) is 0 Å². The normalized spacial score (nSPS) is 20.1. The molecule has 0 radical (unpaired) electrons. The average molecular weight is 364 g/mol. The van der Waals surface area contributed by atoms with E-state index in [1.54, 1.807) is 0 Å². The second-order valence-electron chi connectivity index (χ2n) is 8.42. The molecule has 27 heavy (non-hydrogen) atoms. The number of carbonyl (C=O) groups is 1. The molecule has 2 fully saturated rings. The number of piperidine rings is 1. The van der Waals surface area contributed by atoms with Crippen molar-refractivity contribution in [2.24, 2.45) is 0 Å². The maximum Gasteiger partial charge on any atom is 0.247 e. The van der Waals surface area contributed by atoms with Crippen LogP contribution in [0.25, 0.3) is 0 Å². The van der Waals surface area contributed by atoms with Crippen LogP contribution in [0.15, 0.2) is 60.7 Å². The molecule has 2 aliphatic heterocycles. The standard InChI is InChI=1S/C23H29N3O/c1-22(2,17-19-9-5-3-6-10-19)25-15-13-23(14-16-25)21(27)24-18-26(23)20-11-7-4-8-12-20/h3-12H,13-18H2,1-2H3,(H,24,27). The summed E-state index contributed by atoms with van der Waals surface area (Å²) in [5.41, 5.74) is 2.18. The van der Waals surface area contributed by atoms with Crippen molar-refractivity contribution in [2.75, 3.05) is 24.7 Å². The van der Waals surface area contributed by atoms with Crippen LogP contribution in [0.1, 0.15) is 32.3 Å². The van der Waals surface area contributed by atoms with E-state index in [9.17, 15) is 4.79 Å². The van der Waals surface area contributed by atoms with Crippen LogP contribution >= 0.6 is 0 Å². The molecule has 1 amide bonds. The van der Waals surface area contributed by atoms with Gasteiger partial charge >= 0.3 is 0 Å². The second kappa shape index (κ2) is 7.01. The fourth-order valence-electron chi connectivity index (χ4n) is 4.72. The number of likely N-dealkylation sites (tertiary alicyclic amines) is 1. The third-order valence-corrected chi connectivity index (χ3v) is 6.33. The Labute approximate surface area is 162 Å². The molecule has 4 heteroatoms. The minimum atomic E-state index is -0.402. The number of benzene rings is 2. The van der Waals surface area contributed by atoms with Crippen LogP contribution in [-0.4, -0.2) is 41.6 Å². The Balaban J connectivity index is 1.49. The molecule has 142 valence electrons. The number of nitrogens with zero attached hydrogens (tertiary/aromatic N) is 2. The van der Waals surface area contributed by atoms with Crippen LogP contribution in [0, 0.1) is 0 Å². The lowest BCUT2D eigenvalue weighted by molar-refractivity contribution is -0.125. The van der Waals surface area contributed by atoms with Gasteiger partial charge in [0.05, 0.1) is 6.67 Å². The summed E-state index contributed by atoms with van der Waals surface area (Å²) in [6.45, 7) is 7.13. The Morgan fingerprint density at radius 3 is 2.19 bits per heavy atom. The van der Waals surface area contributed by atoms with E-state index in [2.05, 4.69) is 71.4 Å². The van der Waals surface area contributed by atoms with Crippen molar-refractivity contribution in [1.29, 1.82) is 0 Å². The van der Waals surface area contributed by atoms with E-state index < -0.39 is 5.54 Å². The van der Waals surface area contributed by atoms with E-state index in [0.717, 1.165) is 38.0 Å². The van der Waals surface area contributed by atoms with Gasteiger partial charge in [-0.15, -0.1) is 0 Å². The van der Waals surface area contributed by atoms with E-state index in [-0.39, 0.29) is 11.4 Å². The molecule has 4 rings (SSSR count). The zero-order chi connectivity index (χ0) is 18.9. The van der Waals surface area contributed by atoms with Crippen molar-refractivity contribution in [3.8, 4) is 0 Å². The second-order valence-corrected chi connectivity index (χ2v) is 8.42. The summed E-state index contributed by atoms with van der Waals surface area (Å²) in [6.07, 6.45) is 2.76. The number of anilines is 1. The van der Waals surface area contributed by atoms with E-state index >= 15 is 0 Å². The number of para-hydroxylation sites is 1. The molecule has 1 N–H and O–H groups in total. The highest BCUT2D eigenvalue weighted by Gasteiger charge is 2.51. The number of hydrogen-bond donors (Lipinski definition) is 1. The van der Waals surface area contributed by atoms with Crippen molar-refractivity contribution < 1.29 is 4.79 Å². The fourth-order valence-corrected chi connectivity index (χ4v) is 4.72. The summed E-state index contributed by atoms with van der Waals surface area (Å²) >= 11 is 0. The lowest BCUT2D eigenvalue weighted by atomic mass is 9.82.